The van der Waals surface area contributed by atoms with E-state index in [1.54, 1.807) is 13.8 Å². The van der Waals surface area contributed by atoms with Crippen LogP contribution in [0.25, 0.3) is 0 Å². The number of carboxylic acids is 1. The van der Waals surface area contributed by atoms with Gasteiger partial charge in [0.25, 0.3) is 0 Å². The summed E-state index contributed by atoms with van der Waals surface area (Å²) in [7, 11) is 0. The van der Waals surface area contributed by atoms with E-state index in [4.69, 9.17) is 9.84 Å². The number of hydrogen-bond acceptors (Lipinski definition) is 3. The number of nitrogens with zero attached hydrogens (tertiary/aromatic N) is 1. The van der Waals surface area contributed by atoms with E-state index >= 15 is 0 Å². The molecule has 114 valence electrons. The maximum absolute atomic E-state index is 12.6. The highest BCUT2D eigenvalue weighted by atomic mass is 16.5. The molecule has 20 heavy (non-hydrogen) atoms. The molecule has 2 fully saturated rings. The van der Waals surface area contributed by atoms with Crippen molar-refractivity contribution in [3.05, 3.63) is 0 Å². The molecule has 0 aliphatic carbocycles. The third-order valence-electron chi connectivity index (χ3n) is 4.76. The van der Waals surface area contributed by atoms with E-state index in [1.165, 1.54) is 0 Å². The van der Waals surface area contributed by atoms with Gasteiger partial charge in [-0.25, -0.2) is 0 Å². The summed E-state index contributed by atoms with van der Waals surface area (Å²) in [5.74, 6) is -2.06. The summed E-state index contributed by atoms with van der Waals surface area (Å²) < 4.78 is 5.82. The lowest BCUT2D eigenvalue weighted by molar-refractivity contribution is -0.151. The topological polar surface area (TPSA) is 66.8 Å². The minimum Gasteiger partial charge on any atom is -0.481 e. The van der Waals surface area contributed by atoms with Crippen molar-refractivity contribution in [3.8, 4) is 0 Å². The Bertz CT molecular complexity index is 365. The molecule has 0 saturated carbocycles. The number of rotatable bonds is 4. The standard InChI is InChI=1S/C15H25NO4/c1-10(11(2)15(18)19)14(17)16-8-5-6-12(16)13-7-3-4-9-20-13/h10-13H,3-9H2,1-2H3,(H,18,19). The van der Waals surface area contributed by atoms with Crippen LogP contribution in [0.1, 0.15) is 46.0 Å². The van der Waals surface area contributed by atoms with Crippen LogP contribution >= 0.6 is 0 Å². The largest absolute Gasteiger partial charge is 0.481 e. The fourth-order valence-electron chi connectivity index (χ4n) is 3.21. The molecule has 0 aromatic heterocycles. The summed E-state index contributed by atoms with van der Waals surface area (Å²) in [5.41, 5.74) is 0. The number of ether oxygens (including phenoxy) is 1. The molecule has 1 amide bonds. The Morgan fingerprint density at radius 1 is 1.15 bits per heavy atom. The van der Waals surface area contributed by atoms with Crippen molar-refractivity contribution < 1.29 is 19.4 Å². The molecule has 0 aromatic carbocycles. The first-order valence-electron chi connectivity index (χ1n) is 7.67. The van der Waals surface area contributed by atoms with E-state index in [9.17, 15) is 9.59 Å². The lowest BCUT2D eigenvalue weighted by Crippen LogP contribution is -2.48. The molecule has 2 saturated heterocycles. The first kappa shape index (κ1) is 15.3. The Balaban J connectivity index is 2.02. The van der Waals surface area contributed by atoms with Gasteiger partial charge in [0.2, 0.25) is 5.91 Å². The Morgan fingerprint density at radius 3 is 2.50 bits per heavy atom. The zero-order valence-corrected chi connectivity index (χ0v) is 12.4. The molecular formula is C15H25NO4. The maximum Gasteiger partial charge on any atom is 0.307 e. The van der Waals surface area contributed by atoms with Gasteiger partial charge in [0.15, 0.2) is 0 Å². The first-order chi connectivity index (χ1) is 9.52. The van der Waals surface area contributed by atoms with Crippen LogP contribution in [0.3, 0.4) is 0 Å². The Labute approximate surface area is 120 Å². The molecule has 2 heterocycles. The average molecular weight is 283 g/mol. The average Bonchev–Trinajstić information content (AvgIpc) is 2.95. The molecule has 2 aliphatic heterocycles. The normalized spacial score (nSPS) is 30.0. The van der Waals surface area contributed by atoms with E-state index < -0.39 is 17.8 Å². The van der Waals surface area contributed by atoms with Gasteiger partial charge in [-0.2, -0.15) is 0 Å². The summed E-state index contributed by atoms with van der Waals surface area (Å²) in [6.45, 7) is 4.84. The Kier molecular flexibility index (Phi) is 5.02. The number of carbonyl (C=O) groups is 2. The molecule has 4 unspecified atom stereocenters. The van der Waals surface area contributed by atoms with Gasteiger partial charge in [0, 0.05) is 19.1 Å². The van der Waals surface area contributed by atoms with Gasteiger partial charge in [-0.15, -0.1) is 0 Å². The first-order valence-corrected chi connectivity index (χ1v) is 7.67. The van der Waals surface area contributed by atoms with Crippen molar-refractivity contribution in [2.24, 2.45) is 11.8 Å². The molecule has 5 heteroatoms. The van der Waals surface area contributed by atoms with Gasteiger partial charge >= 0.3 is 5.97 Å². The van der Waals surface area contributed by atoms with Gasteiger partial charge < -0.3 is 14.7 Å². The lowest BCUT2D eigenvalue weighted by Gasteiger charge is -2.35. The molecule has 0 aromatic rings. The van der Waals surface area contributed by atoms with Crippen LogP contribution in [0.4, 0.5) is 0 Å². The second-order valence-corrected chi connectivity index (χ2v) is 6.06. The fourth-order valence-corrected chi connectivity index (χ4v) is 3.21. The summed E-state index contributed by atoms with van der Waals surface area (Å²) >= 11 is 0. The predicted molar refractivity (Wildman–Crippen MR) is 74.3 cm³/mol. The third kappa shape index (κ3) is 3.14. The SMILES string of the molecule is CC(C(=O)O)C(C)C(=O)N1CCCC1C1CCCCO1. The minimum absolute atomic E-state index is 0.0310. The van der Waals surface area contributed by atoms with Gasteiger partial charge in [-0.3, -0.25) is 9.59 Å². The fraction of sp³-hybridized carbons (Fsp3) is 0.867. The van der Waals surface area contributed by atoms with Crippen LogP contribution in [-0.2, 0) is 14.3 Å². The highest BCUT2D eigenvalue weighted by molar-refractivity contribution is 5.84. The highest BCUT2D eigenvalue weighted by Crippen LogP contribution is 2.29. The van der Waals surface area contributed by atoms with E-state index in [0.29, 0.717) is 0 Å². The molecular weight excluding hydrogens is 258 g/mol. The van der Waals surface area contributed by atoms with Gasteiger partial charge in [0.1, 0.15) is 0 Å². The van der Waals surface area contributed by atoms with Crippen molar-refractivity contribution >= 4 is 11.9 Å². The third-order valence-corrected chi connectivity index (χ3v) is 4.76. The monoisotopic (exact) mass is 283 g/mol. The van der Waals surface area contributed by atoms with E-state index in [0.717, 1.165) is 45.3 Å². The molecule has 2 rings (SSSR count). The minimum atomic E-state index is -0.907. The number of carboxylic acid groups (broad SMARTS) is 1. The van der Waals surface area contributed by atoms with Gasteiger partial charge in [0.05, 0.1) is 18.1 Å². The molecule has 4 atom stereocenters. The molecule has 0 spiro atoms. The van der Waals surface area contributed by atoms with Crippen LogP contribution in [0.2, 0.25) is 0 Å². The van der Waals surface area contributed by atoms with Crippen LogP contribution in [0, 0.1) is 11.8 Å². The van der Waals surface area contributed by atoms with Crippen molar-refractivity contribution in [1.82, 2.24) is 4.90 Å². The van der Waals surface area contributed by atoms with Crippen molar-refractivity contribution in [3.63, 3.8) is 0 Å². The maximum atomic E-state index is 12.6. The van der Waals surface area contributed by atoms with Crippen LogP contribution < -0.4 is 0 Å². The van der Waals surface area contributed by atoms with Gasteiger partial charge in [-0.1, -0.05) is 13.8 Å². The summed E-state index contributed by atoms with van der Waals surface area (Å²) in [6.07, 6.45) is 5.38. The number of aliphatic carboxylic acids is 1. The van der Waals surface area contributed by atoms with Crippen molar-refractivity contribution in [1.29, 1.82) is 0 Å². The predicted octanol–water partition coefficient (Wildman–Crippen LogP) is 1.90. The number of likely N-dealkylation sites (tertiary alicyclic amines) is 1. The van der Waals surface area contributed by atoms with Crippen LogP contribution in [0.5, 0.6) is 0 Å². The number of hydrogen-bond donors (Lipinski definition) is 1. The second kappa shape index (κ2) is 6.57. The summed E-state index contributed by atoms with van der Waals surface area (Å²) in [4.78, 5) is 25.5. The summed E-state index contributed by atoms with van der Waals surface area (Å²) in [5, 5.41) is 9.06. The molecule has 0 bridgehead atoms. The van der Waals surface area contributed by atoms with Gasteiger partial charge in [-0.05, 0) is 32.1 Å². The van der Waals surface area contributed by atoms with E-state index in [2.05, 4.69) is 0 Å². The molecule has 0 radical (unpaired) electrons. The Hall–Kier alpha value is -1.10. The number of amides is 1. The van der Waals surface area contributed by atoms with E-state index in [1.807, 2.05) is 4.90 Å². The zero-order chi connectivity index (χ0) is 14.7. The Morgan fingerprint density at radius 2 is 1.90 bits per heavy atom. The van der Waals surface area contributed by atoms with E-state index in [-0.39, 0.29) is 18.1 Å². The highest BCUT2D eigenvalue weighted by Gasteiger charge is 2.39. The molecule has 5 nitrogen and oxygen atoms in total. The lowest BCUT2D eigenvalue weighted by atomic mass is 9.93. The molecule has 2 aliphatic rings. The smallest absolute Gasteiger partial charge is 0.307 e. The quantitative estimate of drug-likeness (QED) is 0.855. The summed E-state index contributed by atoms with van der Waals surface area (Å²) in [6, 6.07) is 0.145. The van der Waals surface area contributed by atoms with Crippen molar-refractivity contribution in [2.75, 3.05) is 13.2 Å². The van der Waals surface area contributed by atoms with Crippen molar-refractivity contribution in [2.45, 2.75) is 58.1 Å². The number of carbonyl (C=O) groups excluding carboxylic acids is 1. The van der Waals surface area contributed by atoms with Crippen LogP contribution in [0.15, 0.2) is 0 Å². The van der Waals surface area contributed by atoms with Crippen LogP contribution in [-0.4, -0.2) is 47.2 Å². The zero-order valence-electron chi connectivity index (χ0n) is 12.4. The second-order valence-electron chi connectivity index (χ2n) is 6.06. The molecule has 1 N–H and O–H groups in total.